The van der Waals surface area contributed by atoms with Gasteiger partial charge in [-0.1, -0.05) is 29.1 Å². The Hall–Kier alpha value is -3.27. The van der Waals surface area contributed by atoms with Gasteiger partial charge in [-0.2, -0.15) is 4.98 Å². The van der Waals surface area contributed by atoms with Gasteiger partial charge in [-0.05, 0) is 46.7 Å². The number of benzene rings is 1. The second-order valence-electron chi connectivity index (χ2n) is 6.17. The van der Waals surface area contributed by atoms with Gasteiger partial charge in [0.15, 0.2) is 0 Å². The van der Waals surface area contributed by atoms with Gasteiger partial charge in [-0.3, -0.25) is 4.98 Å². The Bertz CT molecular complexity index is 1030. The van der Waals surface area contributed by atoms with Crippen LogP contribution in [0.5, 0.6) is 5.75 Å². The molecule has 3 heterocycles. The average molecular weight is 409 g/mol. The highest BCUT2D eigenvalue weighted by Crippen LogP contribution is 2.19. The first-order chi connectivity index (χ1) is 14.3. The van der Waals surface area contributed by atoms with Crippen LogP contribution in [0.25, 0.3) is 11.4 Å². The lowest BCUT2D eigenvalue weighted by atomic mass is 10.2. The molecule has 0 N–H and O–H groups in total. The number of aromatic nitrogens is 7. The van der Waals surface area contributed by atoms with E-state index in [0.29, 0.717) is 24.7 Å². The van der Waals surface area contributed by atoms with Crippen molar-refractivity contribution in [3.63, 3.8) is 0 Å². The summed E-state index contributed by atoms with van der Waals surface area (Å²) in [5, 5.41) is 16.8. The van der Waals surface area contributed by atoms with Crippen molar-refractivity contribution in [2.24, 2.45) is 0 Å². The van der Waals surface area contributed by atoms with Crippen molar-refractivity contribution in [2.45, 2.75) is 24.5 Å². The Labute approximate surface area is 171 Å². The molecule has 0 aliphatic carbocycles. The van der Waals surface area contributed by atoms with E-state index in [9.17, 15) is 0 Å². The van der Waals surface area contributed by atoms with Gasteiger partial charge < -0.3 is 9.26 Å². The largest absolute Gasteiger partial charge is 0.497 e. The predicted octanol–water partition coefficient (Wildman–Crippen LogP) is 2.90. The molecular formula is C19H19N7O2S. The minimum absolute atomic E-state index is 0.582. The lowest BCUT2D eigenvalue weighted by molar-refractivity contribution is 0.378. The minimum Gasteiger partial charge on any atom is -0.497 e. The van der Waals surface area contributed by atoms with Gasteiger partial charge in [0, 0.05) is 30.1 Å². The molecule has 0 radical (unpaired) electrons. The number of tetrazole rings is 1. The molecule has 0 saturated heterocycles. The van der Waals surface area contributed by atoms with Crippen molar-refractivity contribution >= 4 is 11.8 Å². The molecule has 3 aromatic heterocycles. The Morgan fingerprint density at radius 2 is 1.93 bits per heavy atom. The summed E-state index contributed by atoms with van der Waals surface area (Å²) < 4.78 is 12.3. The Morgan fingerprint density at radius 3 is 2.72 bits per heavy atom. The fourth-order valence-electron chi connectivity index (χ4n) is 2.66. The fourth-order valence-corrected chi connectivity index (χ4v) is 3.48. The van der Waals surface area contributed by atoms with Crippen LogP contribution < -0.4 is 4.74 Å². The van der Waals surface area contributed by atoms with E-state index in [4.69, 9.17) is 9.26 Å². The zero-order chi connectivity index (χ0) is 19.9. The van der Waals surface area contributed by atoms with Crippen molar-refractivity contribution in [3.8, 4) is 17.1 Å². The van der Waals surface area contributed by atoms with E-state index < -0.39 is 0 Å². The zero-order valence-electron chi connectivity index (χ0n) is 15.8. The molecule has 0 aliphatic heterocycles. The highest BCUT2D eigenvalue weighted by molar-refractivity contribution is 7.99. The van der Waals surface area contributed by atoms with Crippen LogP contribution in [0.2, 0.25) is 0 Å². The molecule has 0 aliphatic rings. The standard InChI is InChI=1S/C19H19N7O2S/c1-27-16-6-4-14(5-7-16)13-26-19(22-24-25-26)29-12-2-3-17-21-18(23-28-17)15-8-10-20-11-9-15/h4-11H,2-3,12-13H2,1H3. The van der Waals surface area contributed by atoms with Crippen LogP contribution in [0.1, 0.15) is 17.9 Å². The molecule has 0 fully saturated rings. The van der Waals surface area contributed by atoms with E-state index in [2.05, 4.69) is 30.7 Å². The molecule has 4 aromatic rings. The van der Waals surface area contributed by atoms with Crippen LogP contribution >= 0.6 is 11.8 Å². The quantitative estimate of drug-likeness (QED) is 0.305. The predicted molar refractivity (Wildman–Crippen MR) is 106 cm³/mol. The van der Waals surface area contributed by atoms with Crippen LogP contribution in [0, 0.1) is 0 Å². The van der Waals surface area contributed by atoms with Crippen LogP contribution in [0.4, 0.5) is 0 Å². The number of methoxy groups -OCH3 is 1. The molecule has 0 saturated carbocycles. The van der Waals surface area contributed by atoms with E-state index >= 15 is 0 Å². The summed E-state index contributed by atoms with van der Waals surface area (Å²) in [6.45, 7) is 0.609. The Kier molecular flexibility index (Phi) is 6.10. The molecule has 0 spiro atoms. The van der Waals surface area contributed by atoms with Crippen molar-refractivity contribution in [3.05, 3.63) is 60.2 Å². The lowest BCUT2D eigenvalue weighted by Crippen LogP contribution is -2.04. The normalized spacial score (nSPS) is 10.9. The van der Waals surface area contributed by atoms with Gasteiger partial charge in [-0.25, -0.2) is 4.68 Å². The van der Waals surface area contributed by atoms with Gasteiger partial charge in [0.2, 0.25) is 16.9 Å². The molecule has 0 bridgehead atoms. The number of thioether (sulfide) groups is 1. The number of aryl methyl sites for hydroxylation is 1. The highest BCUT2D eigenvalue weighted by atomic mass is 32.2. The number of nitrogens with zero attached hydrogens (tertiary/aromatic N) is 7. The summed E-state index contributed by atoms with van der Waals surface area (Å²) in [4.78, 5) is 8.42. The van der Waals surface area contributed by atoms with E-state index in [1.807, 2.05) is 36.4 Å². The third-order valence-electron chi connectivity index (χ3n) is 4.16. The molecule has 148 valence electrons. The lowest BCUT2D eigenvalue weighted by Gasteiger charge is -2.05. The zero-order valence-corrected chi connectivity index (χ0v) is 16.6. The average Bonchev–Trinajstić information content (AvgIpc) is 3.42. The summed E-state index contributed by atoms with van der Waals surface area (Å²) in [5.41, 5.74) is 2.00. The molecule has 10 heteroatoms. The summed E-state index contributed by atoms with van der Waals surface area (Å²) >= 11 is 1.61. The first-order valence-corrected chi connectivity index (χ1v) is 10.1. The number of pyridine rings is 1. The molecular weight excluding hydrogens is 390 g/mol. The molecule has 0 atom stereocenters. The maximum absolute atomic E-state index is 5.33. The van der Waals surface area contributed by atoms with Gasteiger partial charge in [-0.15, -0.1) is 5.10 Å². The van der Waals surface area contributed by atoms with Crippen molar-refractivity contribution in [1.29, 1.82) is 0 Å². The summed E-state index contributed by atoms with van der Waals surface area (Å²) in [7, 11) is 1.65. The smallest absolute Gasteiger partial charge is 0.226 e. The fraction of sp³-hybridized carbons (Fsp3) is 0.263. The first-order valence-electron chi connectivity index (χ1n) is 9.07. The van der Waals surface area contributed by atoms with Gasteiger partial charge in [0.1, 0.15) is 5.75 Å². The van der Waals surface area contributed by atoms with Gasteiger partial charge in [0.25, 0.3) is 0 Å². The molecule has 0 unspecified atom stereocenters. The van der Waals surface area contributed by atoms with E-state index in [1.54, 1.807) is 35.9 Å². The maximum atomic E-state index is 5.33. The SMILES string of the molecule is COc1ccc(Cn2nnnc2SCCCc2nc(-c3ccncc3)no2)cc1. The second-order valence-corrected chi connectivity index (χ2v) is 7.23. The van der Waals surface area contributed by atoms with Crippen LogP contribution in [-0.4, -0.2) is 48.2 Å². The van der Waals surface area contributed by atoms with Gasteiger partial charge in [0.05, 0.1) is 13.7 Å². The van der Waals surface area contributed by atoms with Crippen LogP contribution in [0.3, 0.4) is 0 Å². The van der Waals surface area contributed by atoms with Crippen molar-refractivity contribution in [2.75, 3.05) is 12.9 Å². The summed E-state index contributed by atoms with van der Waals surface area (Å²) in [5.74, 6) is 2.87. The number of hydrogen-bond acceptors (Lipinski definition) is 9. The van der Waals surface area contributed by atoms with Gasteiger partial charge >= 0.3 is 0 Å². The number of hydrogen-bond donors (Lipinski definition) is 0. The highest BCUT2D eigenvalue weighted by Gasteiger charge is 2.10. The Balaban J connectivity index is 1.27. The van der Waals surface area contributed by atoms with E-state index in [-0.39, 0.29) is 0 Å². The number of rotatable bonds is 9. The molecule has 4 rings (SSSR count). The van der Waals surface area contributed by atoms with Crippen molar-refractivity contribution in [1.82, 2.24) is 35.3 Å². The third kappa shape index (κ3) is 4.96. The molecule has 9 nitrogen and oxygen atoms in total. The monoisotopic (exact) mass is 409 g/mol. The molecule has 29 heavy (non-hydrogen) atoms. The van der Waals surface area contributed by atoms with Crippen LogP contribution in [0.15, 0.2) is 58.5 Å². The minimum atomic E-state index is 0.582. The second kappa shape index (κ2) is 9.28. The topological polar surface area (TPSA) is 105 Å². The van der Waals surface area contributed by atoms with E-state index in [1.165, 1.54) is 0 Å². The van der Waals surface area contributed by atoms with Crippen molar-refractivity contribution < 1.29 is 9.26 Å². The number of ether oxygens (including phenoxy) is 1. The Morgan fingerprint density at radius 1 is 1.10 bits per heavy atom. The molecule has 0 amide bonds. The molecule has 1 aromatic carbocycles. The van der Waals surface area contributed by atoms with E-state index in [0.717, 1.165) is 34.2 Å². The van der Waals surface area contributed by atoms with Crippen LogP contribution in [-0.2, 0) is 13.0 Å². The third-order valence-corrected chi connectivity index (χ3v) is 5.21. The summed E-state index contributed by atoms with van der Waals surface area (Å²) in [6.07, 6.45) is 4.99. The first kappa shape index (κ1) is 19.1. The summed E-state index contributed by atoms with van der Waals surface area (Å²) in [6, 6.07) is 11.6. The maximum Gasteiger partial charge on any atom is 0.226 e.